The molecule has 2 N–H and O–H groups in total. The van der Waals surface area contributed by atoms with E-state index < -0.39 is 5.60 Å². The van der Waals surface area contributed by atoms with Crippen molar-refractivity contribution in [2.24, 2.45) is 0 Å². The third kappa shape index (κ3) is 4.99. The third-order valence-electron chi connectivity index (χ3n) is 6.14. The van der Waals surface area contributed by atoms with E-state index >= 15 is 0 Å². The number of anilines is 2. The van der Waals surface area contributed by atoms with Crippen LogP contribution in [0.25, 0.3) is 11.5 Å². The normalized spacial score (nSPS) is 15.5. The Kier molecular flexibility index (Phi) is 5.87. The van der Waals surface area contributed by atoms with E-state index in [0.29, 0.717) is 23.0 Å². The van der Waals surface area contributed by atoms with E-state index in [1.54, 1.807) is 24.5 Å². The van der Waals surface area contributed by atoms with Crippen LogP contribution in [-0.2, 0) is 17.6 Å². The van der Waals surface area contributed by atoms with Crippen LogP contribution in [0.4, 0.5) is 11.5 Å². The highest BCUT2D eigenvalue weighted by molar-refractivity contribution is 5.93. The SMILES string of the molecule is Cc1ccc(NC(=O)CN(C)c2nc(-c3cc(OCC4(O)CC4)ccn3)nc3c2CCC3)cn1. The summed E-state index contributed by atoms with van der Waals surface area (Å²) in [6, 6.07) is 7.26. The van der Waals surface area contributed by atoms with Crippen LogP contribution in [0.5, 0.6) is 5.75 Å². The average molecular weight is 461 g/mol. The Hall–Kier alpha value is -3.59. The van der Waals surface area contributed by atoms with Crippen molar-refractivity contribution < 1.29 is 14.6 Å². The minimum Gasteiger partial charge on any atom is -0.490 e. The largest absolute Gasteiger partial charge is 0.490 e. The van der Waals surface area contributed by atoms with E-state index in [-0.39, 0.29) is 19.1 Å². The van der Waals surface area contributed by atoms with Crippen LogP contribution >= 0.6 is 0 Å². The molecule has 5 rings (SSSR count). The Morgan fingerprint density at radius 1 is 1.21 bits per heavy atom. The number of nitrogens with one attached hydrogen (secondary N) is 1. The molecule has 0 radical (unpaired) electrons. The molecule has 0 spiro atoms. The quantitative estimate of drug-likeness (QED) is 0.528. The van der Waals surface area contributed by atoms with Crippen molar-refractivity contribution in [1.29, 1.82) is 0 Å². The van der Waals surface area contributed by atoms with Crippen LogP contribution in [0, 0.1) is 6.92 Å². The predicted octanol–water partition coefficient (Wildman–Crippen LogP) is 2.71. The number of fused-ring (bicyclic) bond motifs is 1. The first kappa shape index (κ1) is 22.2. The van der Waals surface area contributed by atoms with Crippen molar-refractivity contribution in [3.63, 3.8) is 0 Å². The summed E-state index contributed by atoms with van der Waals surface area (Å²) in [5, 5.41) is 12.9. The maximum absolute atomic E-state index is 12.7. The Morgan fingerprint density at radius 2 is 2.06 bits per heavy atom. The number of pyridine rings is 2. The molecule has 2 aliphatic rings. The molecule has 0 bridgehead atoms. The molecule has 3 aromatic heterocycles. The van der Waals surface area contributed by atoms with Crippen molar-refractivity contribution >= 4 is 17.4 Å². The summed E-state index contributed by atoms with van der Waals surface area (Å²) in [7, 11) is 1.86. The lowest BCUT2D eigenvalue weighted by Gasteiger charge is -2.21. The minimum absolute atomic E-state index is 0.145. The molecule has 1 saturated carbocycles. The van der Waals surface area contributed by atoms with Crippen LogP contribution in [0.3, 0.4) is 0 Å². The second-order valence-corrected chi connectivity index (χ2v) is 9.13. The topological polar surface area (TPSA) is 113 Å². The van der Waals surface area contributed by atoms with Crippen molar-refractivity contribution in [3.05, 3.63) is 53.6 Å². The van der Waals surface area contributed by atoms with Gasteiger partial charge >= 0.3 is 0 Å². The van der Waals surface area contributed by atoms with Gasteiger partial charge in [0.2, 0.25) is 5.91 Å². The number of carbonyl (C=O) groups is 1. The van der Waals surface area contributed by atoms with Gasteiger partial charge in [0.05, 0.1) is 24.0 Å². The van der Waals surface area contributed by atoms with Crippen molar-refractivity contribution in [2.45, 2.75) is 44.6 Å². The summed E-state index contributed by atoms with van der Waals surface area (Å²) in [6.45, 7) is 2.31. The maximum Gasteiger partial charge on any atom is 0.243 e. The van der Waals surface area contributed by atoms with Gasteiger partial charge in [-0.3, -0.25) is 14.8 Å². The lowest BCUT2D eigenvalue weighted by molar-refractivity contribution is -0.114. The van der Waals surface area contributed by atoms with E-state index in [1.807, 2.05) is 31.0 Å². The number of carbonyl (C=O) groups excluding carboxylic acids is 1. The van der Waals surface area contributed by atoms with Crippen LogP contribution in [0.1, 0.15) is 36.2 Å². The number of aliphatic hydroxyl groups is 1. The number of hydrogen-bond acceptors (Lipinski definition) is 8. The summed E-state index contributed by atoms with van der Waals surface area (Å²) in [6.07, 6.45) is 7.60. The summed E-state index contributed by atoms with van der Waals surface area (Å²) in [4.78, 5) is 32.8. The summed E-state index contributed by atoms with van der Waals surface area (Å²) in [5.41, 5.74) is 3.54. The smallest absolute Gasteiger partial charge is 0.243 e. The van der Waals surface area contributed by atoms with Crippen LogP contribution in [0.2, 0.25) is 0 Å². The van der Waals surface area contributed by atoms with E-state index in [2.05, 4.69) is 15.3 Å². The fraction of sp³-hybridized carbons (Fsp3) is 0.400. The van der Waals surface area contributed by atoms with Gasteiger partial charge in [-0.05, 0) is 57.2 Å². The third-order valence-corrected chi connectivity index (χ3v) is 6.14. The van der Waals surface area contributed by atoms with Crippen molar-refractivity contribution in [3.8, 4) is 17.3 Å². The average Bonchev–Trinajstić information content (AvgIpc) is 3.37. The summed E-state index contributed by atoms with van der Waals surface area (Å²) < 4.78 is 5.77. The Bertz CT molecular complexity index is 1210. The van der Waals surface area contributed by atoms with E-state index in [1.165, 1.54) is 0 Å². The van der Waals surface area contributed by atoms with Gasteiger partial charge in [-0.15, -0.1) is 0 Å². The van der Waals surface area contributed by atoms with E-state index in [4.69, 9.17) is 14.7 Å². The zero-order chi connectivity index (χ0) is 23.7. The molecule has 3 aromatic rings. The van der Waals surface area contributed by atoms with E-state index in [0.717, 1.165) is 54.9 Å². The van der Waals surface area contributed by atoms with Gasteiger partial charge in [0, 0.05) is 36.3 Å². The Morgan fingerprint density at radius 3 is 2.82 bits per heavy atom. The van der Waals surface area contributed by atoms with Gasteiger partial charge in [0.15, 0.2) is 5.82 Å². The molecule has 1 fully saturated rings. The highest BCUT2D eigenvalue weighted by atomic mass is 16.5. The fourth-order valence-corrected chi connectivity index (χ4v) is 4.01. The van der Waals surface area contributed by atoms with Crippen molar-refractivity contribution in [2.75, 3.05) is 30.4 Å². The molecule has 9 heteroatoms. The predicted molar refractivity (Wildman–Crippen MR) is 128 cm³/mol. The molecule has 0 atom stereocenters. The first-order valence-electron chi connectivity index (χ1n) is 11.5. The number of hydrogen-bond donors (Lipinski definition) is 2. The maximum atomic E-state index is 12.7. The highest BCUT2D eigenvalue weighted by Crippen LogP contribution is 2.36. The molecular formula is C25H28N6O3. The summed E-state index contributed by atoms with van der Waals surface area (Å²) >= 11 is 0. The molecule has 9 nitrogen and oxygen atoms in total. The lowest BCUT2D eigenvalue weighted by atomic mass is 10.2. The first-order chi connectivity index (χ1) is 16.4. The zero-order valence-corrected chi connectivity index (χ0v) is 19.4. The van der Waals surface area contributed by atoms with Gasteiger partial charge in [0.25, 0.3) is 0 Å². The van der Waals surface area contributed by atoms with Gasteiger partial charge in [-0.25, -0.2) is 9.97 Å². The molecule has 176 valence electrons. The van der Waals surface area contributed by atoms with Gasteiger partial charge in [-0.2, -0.15) is 0 Å². The fourth-order valence-electron chi connectivity index (χ4n) is 4.01. The molecule has 0 saturated heterocycles. The number of rotatable bonds is 8. The highest BCUT2D eigenvalue weighted by Gasteiger charge is 2.41. The molecule has 3 heterocycles. The molecule has 1 amide bonds. The van der Waals surface area contributed by atoms with E-state index in [9.17, 15) is 9.90 Å². The lowest BCUT2D eigenvalue weighted by Crippen LogP contribution is -2.31. The number of nitrogens with zero attached hydrogens (tertiary/aromatic N) is 5. The number of aromatic nitrogens is 4. The zero-order valence-electron chi connectivity index (χ0n) is 19.4. The molecular weight excluding hydrogens is 432 g/mol. The van der Waals surface area contributed by atoms with Crippen LogP contribution < -0.4 is 15.0 Å². The standard InChI is InChI=1S/C25H28N6O3/c1-16-6-7-17(13-27-16)28-22(32)14-31(2)24-19-4-3-5-20(19)29-23(30-24)21-12-18(8-11-26-21)34-15-25(33)9-10-25/h6-8,11-13,33H,3-5,9-10,14-15H2,1-2H3,(H,28,32). The second-order valence-electron chi connectivity index (χ2n) is 9.13. The number of amides is 1. The summed E-state index contributed by atoms with van der Waals surface area (Å²) in [5.74, 6) is 1.72. The first-order valence-corrected chi connectivity index (χ1v) is 11.5. The minimum atomic E-state index is -0.696. The molecule has 0 aliphatic heterocycles. The molecule has 0 unspecified atom stereocenters. The molecule has 34 heavy (non-hydrogen) atoms. The Labute approximate surface area is 198 Å². The second kappa shape index (κ2) is 8.98. The Balaban J connectivity index is 1.35. The number of likely N-dealkylation sites (N-methyl/N-ethyl adjacent to an activating group) is 1. The van der Waals surface area contributed by atoms with Gasteiger partial charge < -0.3 is 20.1 Å². The van der Waals surface area contributed by atoms with Crippen LogP contribution in [0.15, 0.2) is 36.7 Å². The van der Waals surface area contributed by atoms with Gasteiger partial charge in [0.1, 0.15) is 23.9 Å². The van der Waals surface area contributed by atoms with Crippen LogP contribution in [-0.4, -0.2) is 56.7 Å². The number of ether oxygens (including phenoxy) is 1. The monoisotopic (exact) mass is 460 g/mol. The van der Waals surface area contributed by atoms with Gasteiger partial charge in [-0.1, -0.05) is 0 Å². The molecule has 2 aliphatic carbocycles. The van der Waals surface area contributed by atoms with Crippen molar-refractivity contribution in [1.82, 2.24) is 19.9 Å². The molecule has 0 aromatic carbocycles. The number of aryl methyl sites for hydroxylation is 2.